The Morgan fingerprint density at radius 1 is 1.18 bits per heavy atom. The topological polar surface area (TPSA) is 41.6 Å². The van der Waals surface area contributed by atoms with Gasteiger partial charge in [-0.3, -0.25) is 0 Å². The Balaban J connectivity index is 1.69. The van der Waals surface area contributed by atoms with Gasteiger partial charge in [-0.2, -0.15) is 0 Å². The standard InChI is InChI=1S/C17H12BN3S/c18-12-7-13-14(9-20-17(13)19-8-12)15-10-22-16(21-15)6-11-4-2-1-3-5-11/h1-5,7-10H,6H2,(H,19,20). The van der Waals surface area contributed by atoms with Crippen molar-refractivity contribution in [3.05, 3.63) is 64.7 Å². The summed E-state index contributed by atoms with van der Waals surface area (Å²) in [5.41, 5.74) is 4.78. The van der Waals surface area contributed by atoms with Crippen molar-refractivity contribution < 1.29 is 0 Å². The summed E-state index contributed by atoms with van der Waals surface area (Å²) in [6.07, 6.45) is 4.46. The molecule has 104 valence electrons. The van der Waals surface area contributed by atoms with Crippen LogP contribution in [0, 0.1) is 0 Å². The van der Waals surface area contributed by atoms with Gasteiger partial charge in [0.1, 0.15) is 13.5 Å². The molecule has 3 aromatic heterocycles. The summed E-state index contributed by atoms with van der Waals surface area (Å²) < 4.78 is 0. The molecule has 1 aromatic carbocycles. The third kappa shape index (κ3) is 2.44. The molecule has 0 spiro atoms. The molecular formula is C17H12BN3S. The van der Waals surface area contributed by atoms with Gasteiger partial charge < -0.3 is 4.98 Å². The molecule has 4 rings (SSSR count). The van der Waals surface area contributed by atoms with E-state index in [0.717, 1.165) is 33.7 Å². The first-order valence-electron chi connectivity index (χ1n) is 7.01. The zero-order chi connectivity index (χ0) is 14.9. The summed E-state index contributed by atoms with van der Waals surface area (Å²) >= 11 is 1.68. The lowest BCUT2D eigenvalue weighted by molar-refractivity contribution is 1.14. The van der Waals surface area contributed by atoms with E-state index >= 15 is 0 Å². The fourth-order valence-corrected chi connectivity index (χ4v) is 3.35. The minimum Gasteiger partial charge on any atom is -0.345 e. The van der Waals surface area contributed by atoms with Crippen LogP contribution in [0.5, 0.6) is 0 Å². The maximum Gasteiger partial charge on any atom is 0.137 e. The molecule has 0 fully saturated rings. The maximum absolute atomic E-state index is 5.84. The van der Waals surface area contributed by atoms with E-state index in [9.17, 15) is 0 Å². The summed E-state index contributed by atoms with van der Waals surface area (Å²) in [7, 11) is 5.84. The molecule has 0 amide bonds. The lowest BCUT2D eigenvalue weighted by Gasteiger charge is -1.97. The van der Waals surface area contributed by atoms with E-state index < -0.39 is 0 Å². The van der Waals surface area contributed by atoms with Crippen LogP contribution in [0.25, 0.3) is 22.3 Å². The molecule has 0 atom stereocenters. The fourth-order valence-electron chi connectivity index (χ4n) is 2.52. The van der Waals surface area contributed by atoms with Crippen molar-refractivity contribution in [2.24, 2.45) is 0 Å². The van der Waals surface area contributed by atoms with E-state index in [1.807, 2.05) is 18.3 Å². The molecule has 2 radical (unpaired) electrons. The second-order valence-electron chi connectivity index (χ2n) is 5.16. The number of hydrogen-bond donors (Lipinski definition) is 1. The SMILES string of the molecule is [B]c1cnc2[nH]cc(-c3csc(Cc4ccccc4)n3)c2c1. The molecule has 0 unspecified atom stereocenters. The molecule has 0 aliphatic heterocycles. The molecule has 4 aromatic rings. The van der Waals surface area contributed by atoms with E-state index in [0.29, 0.717) is 5.46 Å². The van der Waals surface area contributed by atoms with Gasteiger partial charge >= 0.3 is 0 Å². The molecule has 0 bridgehead atoms. The number of benzene rings is 1. The number of fused-ring (bicyclic) bond motifs is 1. The van der Waals surface area contributed by atoms with Crippen LogP contribution in [0.15, 0.2) is 54.2 Å². The number of thiazole rings is 1. The van der Waals surface area contributed by atoms with Crippen molar-refractivity contribution in [2.45, 2.75) is 6.42 Å². The normalized spacial score (nSPS) is 11.1. The highest BCUT2D eigenvalue weighted by atomic mass is 32.1. The monoisotopic (exact) mass is 301 g/mol. The lowest BCUT2D eigenvalue weighted by atomic mass is 9.97. The number of rotatable bonds is 3. The van der Waals surface area contributed by atoms with Gasteiger partial charge in [0, 0.05) is 35.1 Å². The molecule has 0 aliphatic rings. The van der Waals surface area contributed by atoms with Crippen LogP contribution in [-0.4, -0.2) is 22.8 Å². The predicted octanol–water partition coefficient (Wildman–Crippen LogP) is 3.07. The van der Waals surface area contributed by atoms with Gasteiger partial charge in [-0.1, -0.05) is 41.9 Å². The molecule has 3 heterocycles. The van der Waals surface area contributed by atoms with Crippen molar-refractivity contribution in [1.29, 1.82) is 0 Å². The quantitative estimate of drug-likeness (QED) is 0.591. The molecule has 0 saturated heterocycles. The highest BCUT2D eigenvalue weighted by Gasteiger charge is 2.11. The smallest absolute Gasteiger partial charge is 0.137 e. The molecule has 3 nitrogen and oxygen atoms in total. The number of aromatic amines is 1. The van der Waals surface area contributed by atoms with E-state index in [1.54, 1.807) is 17.5 Å². The molecule has 22 heavy (non-hydrogen) atoms. The minimum atomic E-state index is 0.660. The highest BCUT2D eigenvalue weighted by molar-refractivity contribution is 7.10. The number of H-pyrrole nitrogens is 1. The molecule has 0 aliphatic carbocycles. The van der Waals surface area contributed by atoms with Crippen LogP contribution in [0.2, 0.25) is 0 Å². The zero-order valence-corrected chi connectivity index (χ0v) is 12.6. The minimum absolute atomic E-state index is 0.660. The molecule has 5 heteroatoms. The van der Waals surface area contributed by atoms with Crippen molar-refractivity contribution in [1.82, 2.24) is 15.0 Å². The van der Waals surface area contributed by atoms with Gasteiger partial charge in [0.15, 0.2) is 0 Å². The van der Waals surface area contributed by atoms with Gasteiger partial charge in [0.25, 0.3) is 0 Å². The third-order valence-electron chi connectivity index (χ3n) is 3.58. The van der Waals surface area contributed by atoms with E-state index in [-0.39, 0.29) is 0 Å². The van der Waals surface area contributed by atoms with Gasteiger partial charge in [-0.25, -0.2) is 9.97 Å². The Morgan fingerprint density at radius 2 is 2.05 bits per heavy atom. The Morgan fingerprint density at radius 3 is 2.91 bits per heavy atom. The highest BCUT2D eigenvalue weighted by Crippen LogP contribution is 2.28. The second-order valence-corrected chi connectivity index (χ2v) is 6.10. The van der Waals surface area contributed by atoms with Gasteiger partial charge in [0.05, 0.1) is 10.7 Å². The second kappa shape index (κ2) is 5.42. The zero-order valence-electron chi connectivity index (χ0n) is 11.8. The van der Waals surface area contributed by atoms with Crippen LogP contribution in [0.4, 0.5) is 0 Å². The Labute approximate surface area is 133 Å². The van der Waals surface area contributed by atoms with Crippen LogP contribution < -0.4 is 5.46 Å². The number of nitrogens with one attached hydrogen (secondary N) is 1. The average Bonchev–Trinajstić information content (AvgIpc) is 3.14. The largest absolute Gasteiger partial charge is 0.345 e. The maximum atomic E-state index is 5.84. The predicted molar refractivity (Wildman–Crippen MR) is 91.8 cm³/mol. The first-order valence-corrected chi connectivity index (χ1v) is 7.89. The van der Waals surface area contributed by atoms with E-state index in [1.165, 1.54) is 5.56 Å². The first kappa shape index (κ1) is 13.3. The molecule has 1 N–H and O–H groups in total. The number of aromatic nitrogens is 3. The Bertz CT molecular complexity index is 927. The van der Waals surface area contributed by atoms with Crippen molar-refractivity contribution in [2.75, 3.05) is 0 Å². The van der Waals surface area contributed by atoms with Crippen LogP contribution in [0.1, 0.15) is 10.6 Å². The number of hydrogen-bond acceptors (Lipinski definition) is 3. The summed E-state index contributed by atoms with van der Waals surface area (Å²) in [5.74, 6) is 0. The van der Waals surface area contributed by atoms with E-state index in [4.69, 9.17) is 12.8 Å². The van der Waals surface area contributed by atoms with Crippen molar-refractivity contribution in [3.63, 3.8) is 0 Å². The number of pyridine rings is 1. The van der Waals surface area contributed by atoms with Crippen molar-refractivity contribution in [3.8, 4) is 11.3 Å². The molecular weight excluding hydrogens is 289 g/mol. The molecule has 0 saturated carbocycles. The van der Waals surface area contributed by atoms with Gasteiger partial charge in [0.2, 0.25) is 0 Å². The van der Waals surface area contributed by atoms with Crippen LogP contribution >= 0.6 is 11.3 Å². The van der Waals surface area contributed by atoms with Crippen molar-refractivity contribution >= 4 is 35.7 Å². The Kier molecular flexibility index (Phi) is 3.27. The summed E-state index contributed by atoms with van der Waals surface area (Å²) in [6, 6.07) is 12.3. The van der Waals surface area contributed by atoms with Gasteiger partial charge in [-0.15, -0.1) is 11.3 Å². The van der Waals surface area contributed by atoms with Gasteiger partial charge in [-0.05, 0) is 5.56 Å². The summed E-state index contributed by atoms with van der Waals surface area (Å²) in [6.45, 7) is 0. The lowest BCUT2D eigenvalue weighted by Crippen LogP contribution is -2.01. The van der Waals surface area contributed by atoms with E-state index in [2.05, 4.69) is 39.6 Å². The Hall–Kier alpha value is -2.40. The average molecular weight is 301 g/mol. The summed E-state index contributed by atoms with van der Waals surface area (Å²) in [5, 5.41) is 4.20. The van der Waals surface area contributed by atoms with Crippen LogP contribution in [0.3, 0.4) is 0 Å². The summed E-state index contributed by atoms with van der Waals surface area (Å²) in [4.78, 5) is 12.2. The number of nitrogens with zero attached hydrogens (tertiary/aromatic N) is 2. The van der Waals surface area contributed by atoms with Crippen LogP contribution in [-0.2, 0) is 6.42 Å². The fraction of sp³-hybridized carbons (Fsp3) is 0.0588. The first-order chi connectivity index (χ1) is 10.8. The third-order valence-corrected chi connectivity index (χ3v) is 4.43.